The number of allylic oxidation sites excluding steroid dienone is 1. The Hall–Kier alpha value is -4.47. The molecule has 0 spiro atoms. The number of ether oxygens (including phenoxy) is 1. The molecule has 274 valence electrons. The zero-order chi connectivity index (χ0) is 36.7. The van der Waals surface area contributed by atoms with Crippen LogP contribution < -0.4 is 15.4 Å². The van der Waals surface area contributed by atoms with Crippen molar-refractivity contribution in [3.63, 3.8) is 0 Å². The average molecular weight is 732 g/mol. The minimum Gasteiger partial charge on any atom is -0.446 e. The van der Waals surface area contributed by atoms with Crippen LogP contribution in [0, 0.1) is 24.7 Å². The van der Waals surface area contributed by atoms with E-state index in [4.69, 9.17) is 4.74 Å². The van der Waals surface area contributed by atoms with Crippen LogP contribution in [0.1, 0.15) is 62.6 Å². The van der Waals surface area contributed by atoms with Crippen molar-refractivity contribution in [3.05, 3.63) is 59.8 Å². The molecule has 1 aromatic carbocycles. The number of anilines is 1. The second kappa shape index (κ2) is 13.9. The highest BCUT2D eigenvalue weighted by molar-refractivity contribution is 7.91. The van der Waals surface area contributed by atoms with E-state index < -0.39 is 74.3 Å². The molecule has 4 aliphatic rings. The van der Waals surface area contributed by atoms with E-state index in [1.807, 2.05) is 6.08 Å². The molecule has 0 bridgehead atoms. The maximum atomic E-state index is 14.0. The van der Waals surface area contributed by atoms with Gasteiger partial charge < -0.3 is 15.0 Å². The van der Waals surface area contributed by atoms with Crippen molar-refractivity contribution in [2.24, 2.45) is 17.8 Å². The molecule has 6 rings (SSSR count). The topological polar surface area (TPSA) is 164 Å². The van der Waals surface area contributed by atoms with Crippen molar-refractivity contribution < 1.29 is 45.5 Å². The van der Waals surface area contributed by atoms with Crippen LogP contribution in [-0.2, 0) is 35.3 Å². The third-order valence-corrected chi connectivity index (χ3v) is 11.8. The molecule has 12 nitrogen and oxygen atoms in total. The van der Waals surface area contributed by atoms with Crippen molar-refractivity contribution in [1.29, 1.82) is 0 Å². The third-order valence-electron chi connectivity index (χ3n) is 10.0. The van der Waals surface area contributed by atoms with Gasteiger partial charge in [0, 0.05) is 30.8 Å². The number of pyridine rings is 1. The number of carbonyl (C=O) groups is 4. The lowest BCUT2D eigenvalue weighted by Crippen LogP contribution is -2.54. The summed E-state index contributed by atoms with van der Waals surface area (Å²) in [5.74, 6) is -4.31. The predicted molar refractivity (Wildman–Crippen MR) is 179 cm³/mol. The first-order valence-corrected chi connectivity index (χ1v) is 18.5. The van der Waals surface area contributed by atoms with Gasteiger partial charge in [0.2, 0.25) is 21.8 Å². The highest BCUT2D eigenvalue weighted by Gasteiger charge is 2.62. The molecular formula is C35H40F3N5O7S. The van der Waals surface area contributed by atoms with Gasteiger partial charge in [-0.25, -0.2) is 13.2 Å². The van der Waals surface area contributed by atoms with E-state index in [0.717, 1.165) is 18.6 Å². The first-order valence-electron chi connectivity index (χ1n) is 17.0. The number of alkyl halides is 3. The lowest BCUT2D eigenvalue weighted by molar-refractivity contribution is -0.140. The molecule has 3 fully saturated rings. The minimum absolute atomic E-state index is 0.0534. The smallest absolute Gasteiger partial charge is 0.416 e. The van der Waals surface area contributed by atoms with Crippen LogP contribution in [0.15, 0.2) is 48.6 Å². The zero-order valence-electron chi connectivity index (χ0n) is 28.2. The number of sulfonamides is 1. The summed E-state index contributed by atoms with van der Waals surface area (Å²) in [4.78, 5) is 60.3. The number of aryl methyl sites for hydroxylation is 1. The highest BCUT2D eigenvalue weighted by atomic mass is 32.2. The fourth-order valence-corrected chi connectivity index (χ4v) is 8.29. The summed E-state index contributed by atoms with van der Waals surface area (Å²) in [6.45, 7) is 2.14. The number of rotatable bonds is 6. The van der Waals surface area contributed by atoms with Gasteiger partial charge in [-0.3, -0.25) is 29.4 Å². The molecule has 51 heavy (non-hydrogen) atoms. The first kappa shape index (κ1) is 36.3. The van der Waals surface area contributed by atoms with E-state index >= 15 is 0 Å². The number of nitrogens with zero attached hydrogens (tertiary/aromatic N) is 2. The van der Waals surface area contributed by atoms with E-state index in [0.29, 0.717) is 43.6 Å². The van der Waals surface area contributed by atoms with Crippen LogP contribution in [-0.4, -0.2) is 72.6 Å². The third kappa shape index (κ3) is 8.05. The van der Waals surface area contributed by atoms with Crippen LogP contribution in [0.5, 0.6) is 0 Å². The number of benzene rings is 1. The van der Waals surface area contributed by atoms with Gasteiger partial charge in [0.1, 0.15) is 11.6 Å². The summed E-state index contributed by atoms with van der Waals surface area (Å²) >= 11 is 0. The lowest BCUT2D eigenvalue weighted by Gasteiger charge is -2.26. The zero-order valence-corrected chi connectivity index (χ0v) is 29.0. The van der Waals surface area contributed by atoms with Crippen LogP contribution in [0.4, 0.5) is 23.7 Å². The van der Waals surface area contributed by atoms with Crippen LogP contribution in [0.2, 0.25) is 0 Å². The van der Waals surface area contributed by atoms with Gasteiger partial charge in [-0.15, -0.1) is 0 Å². The number of nitrogens with one attached hydrogen (secondary N) is 3. The molecule has 3 N–H and O–H groups in total. The second-order valence-corrected chi connectivity index (χ2v) is 15.9. The van der Waals surface area contributed by atoms with Crippen molar-refractivity contribution in [2.45, 2.75) is 81.4 Å². The average Bonchev–Trinajstić information content (AvgIpc) is 3.98. The molecule has 4 amide bonds. The molecule has 1 aliphatic heterocycles. The Balaban J connectivity index is 1.23. The standard InChI is InChI=1S/C35H40F3N5O7S/c1-20-8-7-10-28(39-20)25-14-11-21(35(36,37)38)16-29(25)40-33(47)50-23-17-26-27(18-23)31(45)43(2)15-6-4-3-5-9-22-19-34(22,41-30(26)44)32(46)42-51(48,49)24-12-13-24/h5,7-11,14,16,22-24,26-27H,3-4,6,12-13,15,17-19H2,1-2H3,(H,40,47)(H,41,44)(H,42,46). The largest absolute Gasteiger partial charge is 0.446 e. The quantitative estimate of drug-likeness (QED) is 0.360. The lowest BCUT2D eigenvalue weighted by atomic mass is 9.93. The van der Waals surface area contributed by atoms with Crippen LogP contribution in [0.3, 0.4) is 0 Å². The number of hydrogen-bond acceptors (Lipinski definition) is 8. The molecular weight excluding hydrogens is 691 g/mol. The van der Waals surface area contributed by atoms with Gasteiger partial charge >= 0.3 is 12.3 Å². The van der Waals surface area contributed by atoms with Crippen molar-refractivity contribution in [3.8, 4) is 11.3 Å². The number of halogens is 3. The number of aromatic nitrogens is 1. The molecule has 2 heterocycles. The van der Waals surface area contributed by atoms with Gasteiger partial charge in [-0.05, 0) is 82.6 Å². The monoisotopic (exact) mass is 731 g/mol. The Labute approximate surface area is 293 Å². The molecule has 3 saturated carbocycles. The Morgan fingerprint density at radius 1 is 1.08 bits per heavy atom. The predicted octanol–water partition coefficient (Wildman–Crippen LogP) is 4.70. The van der Waals surface area contributed by atoms with Gasteiger partial charge in [0.05, 0.1) is 34.0 Å². The highest BCUT2D eigenvalue weighted by Crippen LogP contribution is 2.47. The van der Waals surface area contributed by atoms with Crippen molar-refractivity contribution in [2.75, 3.05) is 18.9 Å². The maximum Gasteiger partial charge on any atom is 0.416 e. The summed E-state index contributed by atoms with van der Waals surface area (Å²) < 4.78 is 74.1. The Morgan fingerprint density at radius 3 is 2.53 bits per heavy atom. The summed E-state index contributed by atoms with van der Waals surface area (Å²) in [5.41, 5.74) is -1.57. The molecule has 5 unspecified atom stereocenters. The molecule has 3 aliphatic carbocycles. The van der Waals surface area contributed by atoms with Gasteiger partial charge in [0.25, 0.3) is 5.91 Å². The maximum absolute atomic E-state index is 14.0. The van der Waals surface area contributed by atoms with Crippen LogP contribution in [0.25, 0.3) is 11.3 Å². The SMILES string of the molecule is Cc1cccc(-c2ccc(C(F)(F)F)cc2NC(=O)OC2CC3C(=O)NC4(C(=O)NS(=O)(=O)C5CC5)CC4C=CCCCCN(C)C(=O)C3C2)n1. The van der Waals surface area contributed by atoms with Crippen molar-refractivity contribution >= 4 is 39.5 Å². The summed E-state index contributed by atoms with van der Waals surface area (Å²) in [5, 5.41) is 4.52. The molecule has 0 radical (unpaired) electrons. The number of amides is 4. The molecule has 16 heteroatoms. The fourth-order valence-electron chi connectivity index (χ4n) is 6.92. The molecule has 5 atom stereocenters. The van der Waals surface area contributed by atoms with Gasteiger partial charge in [-0.2, -0.15) is 13.2 Å². The van der Waals surface area contributed by atoms with Crippen molar-refractivity contribution in [1.82, 2.24) is 19.9 Å². The summed E-state index contributed by atoms with van der Waals surface area (Å²) in [6.07, 6.45) is -0.110. The van der Waals surface area contributed by atoms with Gasteiger partial charge in [-0.1, -0.05) is 24.3 Å². The number of carbonyl (C=O) groups excluding carboxylic acids is 4. The normalized spacial score (nSPS) is 27.0. The van der Waals surface area contributed by atoms with Crippen LogP contribution >= 0.6 is 0 Å². The van der Waals surface area contributed by atoms with E-state index in [9.17, 15) is 40.8 Å². The van der Waals surface area contributed by atoms with E-state index in [-0.39, 0.29) is 36.4 Å². The van der Waals surface area contributed by atoms with E-state index in [1.165, 1.54) is 11.0 Å². The second-order valence-electron chi connectivity index (χ2n) is 13.9. The fraction of sp³-hybridized carbons (Fsp3) is 0.514. The molecule has 1 aromatic heterocycles. The number of fused-ring (bicyclic) bond motifs is 2. The molecule has 0 saturated heterocycles. The number of hydrogen-bond donors (Lipinski definition) is 3. The van der Waals surface area contributed by atoms with E-state index in [1.54, 1.807) is 38.2 Å². The van der Waals surface area contributed by atoms with E-state index in [2.05, 4.69) is 20.3 Å². The first-order chi connectivity index (χ1) is 24.1. The Morgan fingerprint density at radius 2 is 1.82 bits per heavy atom. The Bertz CT molecular complexity index is 1870. The Kier molecular flexibility index (Phi) is 9.92. The molecule has 2 aromatic rings. The minimum atomic E-state index is -4.70. The summed E-state index contributed by atoms with van der Waals surface area (Å²) in [6, 6.07) is 7.87. The van der Waals surface area contributed by atoms with Gasteiger partial charge in [0.15, 0.2) is 0 Å². The summed E-state index contributed by atoms with van der Waals surface area (Å²) in [7, 11) is -2.29.